The van der Waals surface area contributed by atoms with Crippen molar-refractivity contribution in [3.05, 3.63) is 0 Å². The van der Waals surface area contributed by atoms with Crippen molar-refractivity contribution < 1.29 is 4.74 Å². The van der Waals surface area contributed by atoms with Crippen molar-refractivity contribution >= 4 is 11.6 Å². The molecule has 3 nitrogen and oxygen atoms in total. The third kappa shape index (κ3) is 2.70. The molecular weight excluding hydrogens is 140 g/mol. The lowest BCUT2D eigenvalue weighted by atomic mass is 10.1. The Morgan fingerprint density at radius 3 is 1.82 bits per heavy atom. The Bertz CT molecular complexity index is 171. The average Bonchev–Trinajstić information content (AvgIpc) is 1.99. The minimum absolute atomic E-state index is 0.360. The van der Waals surface area contributed by atoms with Gasteiger partial charge >= 0.3 is 0 Å². The number of hydrogen-bond acceptors (Lipinski definition) is 3. The Morgan fingerprint density at radius 2 is 1.73 bits per heavy atom. The van der Waals surface area contributed by atoms with Crippen LogP contribution in [0.5, 0.6) is 0 Å². The highest BCUT2D eigenvalue weighted by atomic mass is 16.5. The normalized spacial score (nSPS) is 14.0. The SMILES string of the molecule is CN=C(OC)C(=NC)C(C)C. The first-order chi connectivity index (χ1) is 5.17. The van der Waals surface area contributed by atoms with Crippen LogP contribution in [0.25, 0.3) is 0 Å². The summed E-state index contributed by atoms with van der Waals surface area (Å²) in [7, 11) is 5.06. The first-order valence-corrected chi connectivity index (χ1v) is 3.65. The monoisotopic (exact) mass is 156 g/mol. The highest BCUT2D eigenvalue weighted by molar-refractivity contribution is 6.39. The average molecular weight is 156 g/mol. The molecule has 0 heterocycles. The van der Waals surface area contributed by atoms with Crippen molar-refractivity contribution in [2.45, 2.75) is 13.8 Å². The second-order valence-electron chi connectivity index (χ2n) is 2.50. The fourth-order valence-electron chi connectivity index (χ4n) is 0.911. The van der Waals surface area contributed by atoms with Crippen LogP contribution in [0.2, 0.25) is 0 Å². The molecule has 0 fully saturated rings. The number of aliphatic imine (C=N–C) groups is 2. The second-order valence-corrected chi connectivity index (χ2v) is 2.50. The maximum absolute atomic E-state index is 5.03. The van der Waals surface area contributed by atoms with Crippen molar-refractivity contribution in [1.29, 1.82) is 0 Å². The second kappa shape index (κ2) is 4.88. The van der Waals surface area contributed by atoms with E-state index in [0.29, 0.717) is 11.8 Å². The Labute approximate surface area is 68.2 Å². The van der Waals surface area contributed by atoms with E-state index in [-0.39, 0.29) is 0 Å². The van der Waals surface area contributed by atoms with Gasteiger partial charge < -0.3 is 4.74 Å². The molecule has 11 heavy (non-hydrogen) atoms. The molecule has 0 amide bonds. The lowest BCUT2D eigenvalue weighted by Gasteiger charge is -2.09. The molecular formula is C8H16N2O. The maximum atomic E-state index is 5.03. The van der Waals surface area contributed by atoms with Crippen LogP contribution in [-0.4, -0.2) is 32.8 Å². The van der Waals surface area contributed by atoms with E-state index in [1.54, 1.807) is 21.2 Å². The predicted molar refractivity (Wildman–Crippen MR) is 48.6 cm³/mol. The van der Waals surface area contributed by atoms with Gasteiger partial charge in [0.25, 0.3) is 0 Å². The smallest absolute Gasteiger partial charge is 0.230 e. The van der Waals surface area contributed by atoms with E-state index in [1.165, 1.54) is 0 Å². The van der Waals surface area contributed by atoms with Crippen molar-refractivity contribution in [2.75, 3.05) is 21.2 Å². The van der Waals surface area contributed by atoms with Gasteiger partial charge in [0.05, 0.1) is 12.8 Å². The van der Waals surface area contributed by atoms with Crippen molar-refractivity contribution in [2.24, 2.45) is 15.9 Å². The summed E-state index contributed by atoms with van der Waals surface area (Å²) < 4.78 is 5.03. The van der Waals surface area contributed by atoms with Crippen LogP contribution in [0, 0.1) is 5.92 Å². The largest absolute Gasteiger partial charge is 0.480 e. The Balaban J connectivity index is 4.51. The molecule has 0 aromatic heterocycles. The number of rotatable bonds is 2. The van der Waals surface area contributed by atoms with E-state index in [4.69, 9.17) is 4.74 Å². The minimum Gasteiger partial charge on any atom is -0.480 e. The third-order valence-corrected chi connectivity index (χ3v) is 1.40. The molecule has 0 rings (SSSR count). The summed E-state index contributed by atoms with van der Waals surface area (Å²) >= 11 is 0. The molecule has 0 saturated carbocycles. The summed E-state index contributed by atoms with van der Waals surface area (Å²) in [5.74, 6) is 0.987. The lowest BCUT2D eigenvalue weighted by molar-refractivity contribution is 0.408. The number of hydrogen-bond donors (Lipinski definition) is 0. The zero-order valence-corrected chi connectivity index (χ0v) is 7.88. The predicted octanol–water partition coefficient (Wildman–Crippen LogP) is 1.39. The standard InChI is InChI=1S/C8H16N2O/c1-6(2)7(9-3)8(10-4)11-5/h6H,1-5H3. The fraction of sp³-hybridized carbons (Fsp3) is 0.750. The molecule has 64 valence electrons. The third-order valence-electron chi connectivity index (χ3n) is 1.40. The zero-order chi connectivity index (χ0) is 8.85. The molecule has 0 bridgehead atoms. The van der Waals surface area contributed by atoms with E-state index in [9.17, 15) is 0 Å². The van der Waals surface area contributed by atoms with Crippen LogP contribution >= 0.6 is 0 Å². The van der Waals surface area contributed by atoms with Crippen molar-refractivity contribution in [1.82, 2.24) is 0 Å². The summed E-state index contributed by atoms with van der Waals surface area (Å²) in [6.45, 7) is 4.12. The van der Waals surface area contributed by atoms with Crippen LogP contribution in [0.15, 0.2) is 9.98 Å². The van der Waals surface area contributed by atoms with Crippen LogP contribution in [-0.2, 0) is 4.74 Å². The molecule has 0 unspecified atom stereocenters. The van der Waals surface area contributed by atoms with Gasteiger partial charge in [-0.25, -0.2) is 0 Å². The lowest BCUT2D eigenvalue weighted by Crippen LogP contribution is -2.21. The molecule has 0 N–H and O–H groups in total. The molecule has 3 heteroatoms. The van der Waals surface area contributed by atoms with Gasteiger partial charge in [0.15, 0.2) is 0 Å². The van der Waals surface area contributed by atoms with E-state index in [1.807, 2.05) is 0 Å². The van der Waals surface area contributed by atoms with Gasteiger partial charge in [-0.05, 0) is 0 Å². The first-order valence-electron chi connectivity index (χ1n) is 3.65. The van der Waals surface area contributed by atoms with E-state index in [2.05, 4.69) is 23.8 Å². The van der Waals surface area contributed by atoms with E-state index in [0.717, 1.165) is 5.71 Å². The molecule has 0 atom stereocenters. The quantitative estimate of drug-likeness (QED) is 0.439. The summed E-state index contributed by atoms with van der Waals surface area (Å²) in [6, 6.07) is 0. The van der Waals surface area contributed by atoms with Gasteiger partial charge in [-0.2, -0.15) is 0 Å². The summed E-state index contributed by atoms with van der Waals surface area (Å²) in [6.07, 6.45) is 0. The van der Waals surface area contributed by atoms with Crippen LogP contribution in [0.1, 0.15) is 13.8 Å². The molecule has 0 spiro atoms. The molecule has 0 aliphatic rings. The van der Waals surface area contributed by atoms with E-state index >= 15 is 0 Å². The van der Waals surface area contributed by atoms with Crippen LogP contribution < -0.4 is 0 Å². The summed E-state index contributed by atoms with van der Waals surface area (Å²) in [5.41, 5.74) is 0.912. The first kappa shape index (κ1) is 10.1. The minimum atomic E-state index is 0.360. The van der Waals surface area contributed by atoms with E-state index < -0.39 is 0 Å². The molecule has 0 aliphatic heterocycles. The molecule has 0 aromatic rings. The highest BCUT2D eigenvalue weighted by Crippen LogP contribution is 1.99. The van der Waals surface area contributed by atoms with Gasteiger partial charge in [-0.1, -0.05) is 13.8 Å². The van der Waals surface area contributed by atoms with Crippen molar-refractivity contribution in [3.8, 4) is 0 Å². The van der Waals surface area contributed by atoms with Crippen LogP contribution in [0.3, 0.4) is 0 Å². The van der Waals surface area contributed by atoms with Gasteiger partial charge in [0.2, 0.25) is 5.90 Å². The zero-order valence-electron chi connectivity index (χ0n) is 7.88. The highest BCUT2D eigenvalue weighted by Gasteiger charge is 2.11. The Hall–Kier alpha value is -0.860. The fourth-order valence-corrected chi connectivity index (χ4v) is 0.911. The number of methoxy groups -OCH3 is 1. The van der Waals surface area contributed by atoms with Gasteiger partial charge in [0.1, 0.15) is 0 Å². The molecule has 0 radical (unpaired) electrons. The molecule has 0 saturated heterocycles. The summed E-state index contributed by atoms with van der Waals surface area (Å²) in [4.78, 5) is 8.05. The van der Waals surface area contributed by atoms with Gasteiger partial charge in [-0.15, -0.1) is 0 Å². The Kier molecular flexibility index (Phi) is 4.50. The maximum Gasteiger partial charge on any atom is 0.230 e. The Morgan fingerprint density at radius 1 is 1.18 bits per heavy atom. The van der Waals surface area contributed by atoms with Crippen molar-refractivity contribution in [3.63, 3.8) is 0 Å². The molecule has 0 aliphatic carbocycles. The number of nitrogens with zero attached hydrogens (tertiary/aromatic N) is 2. The van der Waals surface area contributed by atoms with Gasteiger partial charge in [-0.3, -0.25) is 9.98 Å². The topological polar surface area (TPSA) is 34.0 Å². The summed E-state index contributed by atoms with van der Waals surface area (Å²) in [5, 5.41) is 0. The number of ether oxygens (including phenoxy) is 1. The van der Waals surface area contributed by atoms with Crippen LogP contribution in [0.4, 0.5) is 0 Å². The van der Waals surface area contributed by atoms with Gasteiger partial charge in [0, 0.05) is 20.0 Å². The molecule has 0 aromatic carbocycles.